The Kier molecular flexibility index (Phi) is 3.98. The van der Waals surface area contributed by atoms with Gasteiger partial charge in [-0.3, -0.25) is 14.4 Å². The van der Waals surface area contributed by atoms with Gasteiger partial charge < -0.3 is 9.47 Å². The first kappa shape index (κ1) is 12.9. The SMILES string of the molecule is CC(=O)Oc1ccc(C(C)=O)cc1OC(C)=O. The molecule has 0 aliphatic carbocycles. The molecule has 90 valence electrons. The standard InChI is InChI=1S/C12H12O5/c1-7(13)10-4-5-11(16-8(2)14)12(6-10)17-9(3)15/h4-6H,1-3H3. The summed E-state index contributed by atoms with van der Waals surface area (Å²) < 4.78 is 9.72. The predicted octanol–water partition coefficient (Wildman–Crippen LogP) is 1.74. The predicted molar refractivity (Wildman–Crippen MR) is 59.1 cm³/mol. The van der Waals surface area contributed by atoms with E-state index in [1.165, 1.54) is 39.0 Å². The monoisotopic (exact) mass is 236 g/mol. The molecule has 1 rings (SSSR count). The summed E-state index contributed by atoms with van der Waals surface area (Å²) in [6.07, 6.45) is 0. The Labute approximate surface area is 98.3 Å². The molecule has 0 atom stereocenters. The van der Waals surface area contributed by atoms with Gasteiger partial charge in [0.05, 0.1) is 0 Å². The highest BCUT2D eigenvalue weighted by Crippen LogP contribution is 2.29. The molecule has 0 fully saturated rings. The van der Waals surface area contributed by atoms with Gasteiger partial charge in [-0.15, -0.1) is 0 Å². The molecule has 0 aromatic heterocycles. The minimum absolute atomic E-state index is 0.0559. The van der Waals surface area contributed by atoms with Gasteiger partial charge >= 0.3 is 11.9 Å². The molecule has 0 aliphatic rings. The zero-order valence-corrected chi connectivity index (χ0v) is 9.77. The number of hydrogen-bond donors (Lipinski definition) is 0. The summed E-state index contributed by atoms with van der Waals surface area (Å²) in [6.45, 7) is 3.84. The van der Waals surface area contributed by atoms with Crippen LogP contribution in [0.2, 0.25) is 0 Å². The van der Waals surface area contributed by atoms with Crippen LogP contribution in [0.1, 0.15) is 31.1 Å². The number of ketones is 1. The molecule has 5 nitrogen and oxygen atoms in total. The number of hydrogen-bond acceptors (Lipinski definition) is 5. The van der Waals surface area contributed by atoms with Gasteiger partial charge in [0.25, 0.3) is 0 Å². The number of carbonyl (C=O) groups is 3. The van der Waals surface area contributed by atoms with E-state index < -0.39 is 11.9 Å². The number of benzene rings is 1. The summed E-state index contributed by atoms with van der Waals surface area (Å²) >= 11 is 0. The molecule has 0 saturated carbocycles. The minimum atomic E-state index is -0.556. The zero-order chi connectivity index (χ0) is 13.0. The van der Waals surface area contributed by atoms with Crippen LogP contribution in [0.5, 0.6) is 11.5 Å². The summed E-state index contributed by atoms with van der Waals surface area (Å²) in [5.41, 5.74) is 0.372. The number of Topliss-reactive ketones (excluding diaryl/α,β-unsaturated/α-hetero) is 1. The van der Waals surface area contributed by atoms with Gasteiger partial charge in [-0.2, -0.15) is 0 Å². The van der Waals surface area contributed by atoms with Crippen LogP contribution in [0.15, 0.2) is 18.2 Å². The van der Waals surface area contributed by atoms with E-state index in [1.54, 1.807) is 0 Å². The lowest BCUT2D eigenvalue weighted by molar-refractivity contribution is -0.134. The van der Waals surface area contributed by atoms with Crippen LogP contribution in [0.3, 0.4) is 0 Å². The van der Waals surface area contributed by atoms with Crippen molar-refractivity contribution >= 4 is 17.7 Å². The van der Waals surface area contributed by atoms with Crippen LogP contribution in [-0.2, 0) is 9.59 Å². The maximum Gasteiger partial charge on any atom is 0.308 e. The Balaban J connectivity index is 3.15. The molecule has 0 bridgehead atoms. The number of ether oxygens (including phenoxy) is 2. The van der Waals surface area contributed by atoms with Crippen LogP contribution in [0.4, 0.5) is 0 Å². The highest BCUT2D eigenvalue weighted by atomic mass is 16.6. The van der Waals surface area contributed by atoms with Crippen molar-refractivity contribution in [2.45, 2.75) is 20.8 Å². The molecule has 0 radical (unpaired) electrons. The van der Waals surface area contributed by atoms with E-state index in [0.717, 1.165) is 0 Å². The second-order valence-corrected chi connectivity index (χ2v) is 3.40. The fourth-order valence-electron chi connectivity index (χ4n) is 1.20. The molecular formula is C12H12O5. The van der Waals surface area contributed by atoms with Crippen molar-refractivity contribution in [3.05, 3.63) is 23.8 Å². The lowest BCUT2D eigenvalue weighted by Gasteiger charge is -2.09. The van der Waals surface area contributed by atoms with Gasteiger partial charge in [0.15, 0.2) is 17.3 Å². The average molecular weight is 236 g/mol. The van der Waals surface area contributed by atoms with Crippen molar-refractivity contribution < 1.29 is 23.9 Å². The van der Waals surface area contributed by atoms with Gasteiger partial charge in [0.1, 0.15) is 0 Å². The van der Waals surface area contributed by atoms with Gasteiger partial charge in [-0.1, -0.05) is 0 Å². The van der Waals surface area contributed by atoms with Gasteiger partial charge in [-0.25, -0.2) is 0 Å². The van der Waals surface area contributed by atoms with Crippen molar-refractivity contribution in [3.63, 3.8) is 0 Å². The second kappa shape index (κ2) is 5.25. The first-order chi connectivity index (χ1) is 7.90. The van der Waals surface area contributed by atoms with Crippen LogP contribution in [-0.4, -0.2) is 17.7 Å². The topological polar surface area (TPSA) is 69.7 Å². The summed E-state index contributed by atoms with van der Waals surface area (Å²) in [5.74, 6) is -1.10. The summed E-state index contributed by atoms with van der Waals surface area (Å²) in [4.78, 5) is 32.9. The normalized spacial score (nSPS) is 9.59. The zero-order valence-electron chi connectivity index (χ0n) is 9.77. The van der Waals surface area contributed by atoms with Crippen molar-refractivity contribution in [2.75, 3.05) is 0 Å². The van der Waals surface area contributed by atoms with Gasteiger partial charge in [0.2, 0.25) is 0 Å². The molecule has 5 heteroatoms. The van der Waals surface area contributed by atoms with E-state index in [0.29, 0.717) is 5.56 Å². The molecule has 1 aromatic carbocycles. The third-order valence-electron chi connectivity index (χ3n) is 1.86. The molecular weight excluding hydrogens is 224 g/mol. The Hall–Kier alpha value is -2.17. The number of rotatable bonds is 3. The van der Waals surface area contributed by atoms with Crippen LogP contribution in [0.25, 0.3) is 0 Å². The third-order valence-corrected chi connectivity index (χ3v) is 1.86. The number of carbonyl (C=O) groups excluding carboxylic acids is 3. The summed E-state index contributed by atoms with van der Waals surface area (Å²) in [5, 5.41) is 0. The average Bonchev–Trinajstić information content (AvgIpc) is 2.18. The Morgan fingerprint density at radius 1 is 0.882 bits per heavy atom. The van der Waals surface area contributed by atoms with Crippen molar-refractivity contribution in [1.82, 2.24) is 0 Å². The maximum absolute atomic E-state index is 11.2. The molecule has 0 saturated heterocycles. The van der Waals surface area contributed by atoms with E-state index in [1.807, 2.05) is 0 Å². The quantitative estimate of drug-likeness (QED) is 0.454. The third kappa shape index (κ3) is 3.71. The molecule has 17 heavy (non-hydrogen) atoms. The highest BCUT2D eigenvalue weighted by Gasteiger charge is 2.12. The van der Waals surface area contributed by atoms with E-state index in [-0.39, 0.29) is 17.3 Å². The lowest BCUT2D eigenvalue weighted by atomic mass is 10.1. The summed E-state index contributed by atoms with van der Waals surface area (Å²) in [6, 6.07) is 4.27. The molecule has 0 spiro atoms. The molecule has 0 unspecified atom stereocenters. The van der Waals surface area contributed by atoms with Crippen LogP contribution in [0, 0.1) is 0 Å². The largest absolute Gasteiger partial charge is 0.423 e. The number of esters is 2. The Bertz CT molecular complexity index is 476. The van der Waals surface area contributed by atoms with E-state index >= 15 is 0 Å². The second-order valence-electron chi connectivity index (χ2n) is 3.40. The van der Waals surface area contributed by atoms with Crippen molar-refractivity contribution in [1.29, 1.82) is 0 Å². The maximum atomic E-state index is 11.2. The van der Waals surface area contributed by atoms with E-state index in [2.05, 4.69) is 0 Å². The van der Waals surface area contributed by atoms with Crippen molar-refractivity contribution in [2.24, 2.45) is 0 Å². The first-order valence-electron chi connectivity index (χ1n) is 4.92. The van der Waals surface area contributed by atoms with Crippen LogP contribution >= 0.6 is 0 Å². The smallest absolute Gasteiger partial charge is 0.308 e. The van der Waals surface area contributed by atoms with E-state index in [4.69, 9.17) is 9.47 Å². The van der Waals surface area contributed by atoms with Crippen LogP contribution < -0.4 is 9.47 Å². The lowest BCUT2D eigenvalue weighted by Crippen LogP contribution is -2.08. The first-order valence-corrected chi connectivity index (χ1v) is 4.92. The van der Waals surface area contributed by atoms with E-state index in [9.17, 15) is 14.4 Å². The fourth-order valence-corrected chi connectivity index (χ4v) is 1.20. The molecule has 0 aliphatic heterocycles. The minimum Gasteiger partial charge on any atom is -0.423 e. The fraction of sp³-hybridized carbons (Fsp3) is 0.250. The Morgan fingerprint density at radius 2 is 1.41 bits per heavy atom. The van der Waals surface area contributed by atoms with Gasteiger partial charge in [0, 0.05) is 19.4 Å². The Morgan fingerprint density at radius 3 is 1.88 bits per heavy atom. The molecule has 1 aromatic rings. The van der Waals surface area contributed by atoms with Crippen molar-refractivity contribution in [3.8, 4) is 11.5 Å². The molecule has 0 heterocycles. The molecule has 0 N–H and O–H groups in total. The molecule has 0 amide bonds. The van der Waals surface area contributed by atoms with Gasteiger partial charge in [-0.05, 0) is 25.1 Å². The summed E-state index contributed by atoms with van der Waals surface area (Å²) in [7, 11) is 0. The highest BCUT2D eigenvalue weighted by molar-refractivity contribution is 5.95.